The molecule has 90 valence electrons. The van der Waals surface area contributed by atoms with Gasteiger partial charge in [-0.2, -0.15) is 0 Å². The summed E-state index contributed by atoms with van der Waals surface area (Å²) in [6, 6.07) is 6.71. The third-order valence-corrected chi connectivity index (χ3v) is 2.81. The first-order valence-corrected chi connectivity index (χ1v) is 6.26. The molecule has 0 bridgehead atoms. The van der Waals surface area contributed by atoms with E-state index in [-0.39, 0.29) is 0 Å². The van der Waals surface area contributed by atoms with E-state index in [9.17, 15) is 0 Å². The molecule has 2 heteroatoms. The van der Waals surface area contributed by atoms with Gasteiger partial charge in [0.15, 0.2) is 0 Å². The van der Waals surface area contributed by atoms with Crippen molar-refractivity contribution in [2.75, 3.05) is 25.5 Å². The Kier molecular flexibility index (Phi) is 5.94. The molecule has 0 saturated carbocycles. The summed E-state index contributed by atoms with van der Waals surface area (Å²) >= 11 is 0. The Labute approximate surface area is 99.5 Å². The van der Waals surface area contributed by atoms with Crippen LogP contribution in [0.15, 0.2) is 18.2 Å². The summed E-state index contributed by atoms with van der Waals surface area (Å²) in [5.74, 6) is 0. The fourth-order valence-electron chi connectivity index (χ4n) is 1.68. The number of hydrogen-bond donors (Lipinski definition) is 2. The summed E-state index contributed by atoms with van der Waals surface area (Å²) in [6.45, 7) is 6.50. The summed E-state index contributed by atoms with van der Waals surface area (Å²) in [4.78, 5) is 0. The zero-order chi connectivity index (χ0) is 11.8. The molecule has 2 nitrogen and oxygen atoms in total. The van der Waals surface area contributed by atoms with Gasteiger partial charge in [-0.25, -0.2) is 0 Å². The standard InChI is InChI=1S/C14H24N2/c1-4-5-9-16-14-11-13(8-10-15-3)7-6-12(14)2/h6-7,11,15-16H,4-5,8-10H2,1-3H3. The van der Waals surface area contributed by atoms with Gasteiger partial charge in [0.1, 0.15) is 0 Å². The maximum Gasteiger partial charge on any atom is 0.0372 e. The fraction of sp³-hybridized carbons (Fsp3) is 0.571. The van der Waals surface area contributed by atoms with Gasteiger partial charge in [0.05, 0.1) is 0 Å². The van der Waals surface area contributed by atoms with E-state index < -0.39 is 0 Å². The molecule has 1 aromatic carbocycles. The van der Waals surface area contributed by atoms with Gasteiger partial charge in [-0.3, -0.25) is 0 Å². The third kappa shape index (κ3) is 4.23. The second-order valence-corrected chi connectivity index (χ2v) is 4.28. The summed E-state index contributed by atoms with van der Waals surface area (Å²) in [5.41, 5.74) is 4.03. The Hall–Kier alpha value is -1.02. The first-order valence-electron chi connectivity index (χ1n) is 6.26. The van der Waals surface area contributed by atoms with Crippen molar-refractivity contribution in [3.63, 3.8) is 0 Å². The summed E-state index contributed by atoms with van der Waals surface area (Å²) in [6.07, 6.45) is 3.57. The molecule has 1 aromatic rings. The van der Waals surface area contributed by atoms with Crippen LogP contribution < -0.4 is 10.6 Å². The van der Waals surface area contributed by atoms with Crippen LogP contribution in [0.1, 0.15) is 30.9 Å². The van der Waals surface area contributed by atoms with Gasteiger partial charge in [-0.1, -0.05) is 25.5 Å². The first-order chi connectivity index (χ1) is 7.77. The highest BCUT2D eigenvalue weighted by molar-refractivity contribution is 5.52. The Morgan fingerprint density at radius 1 is 1.19 bits per heavy atom. The Balaban J connectivity index is 2.59. The normalized spacial score (nSPS) is 10.4. The van der Waals surface area contributed by atoms with Gasteiger partial charge in [0.25, 0.3) is 0 Å². The number of aryl methyl sites for hydroxylation is 1. The largest absolute Gasteiger partial charge is 0.385 e. The number of anilines is 1. The lowest BCUT2D eigenvalue weighted by Crippen LogP contribution is -2.10. The minimum absolute atomic E-state index is 1.04. The molecule has 0 aliphatic rings. The van der Waals surface area contributed by atoms with Gasteiger partial charge in [0.2, 0.25) is 0 Å². The van der Waals surface area contributed by atoms with Crippen LogP contribution in [0.5, 0.6) is 0 Å². The summed E-state index contributed by atoms with van der Waals surface area (Å²) < 4.78 is 0. The van der Waals surface area contributed by atoms with Crippen molar-refractivity contribution in [1.29, 1.82) is 0 Å². The lowest BCUT2D eigenvalue weighted by atomic mass is 10.1. The molecule has 16 heavy (non-hydrogen) atoms. The predicted octanol–water partition coefficient (Wildman–Crippen LogP) is 2.97. The highest BCUT2D eigenvalue weighted by Gasteiger charge is 1.99. The molecule has 0 heterocycles. The maximum atomic E-state index is 3.51. The monoisotopic (exact) mass is 220 g/mol. The van der Waals surface area contributed by atoms with Crippen LogP contribution in [0.3, 0.4) is 0 Å². The van der Waals surface area contributed by atoms with Crippen molar-refractivity contribution in [2.24, 2.45) is 0 Å². The number of rotatable bonds is 7. The average molecular weight is 220 g/mol. The van der Waals surface area contributed by atoms with Gasteiger partial charge in [-0.15, -0.1) is 0 Å². The molecule has 0 saturated heterocycles. The summed E-state index contributed by atoms with van der Waals surface area (Å²) in [5, 5.41) is 6.69. The average Bonchev–Trinajstić information content (AvgIpc) is 2.30. The van der Waals surface area contributed by atoms with Crippen LogP contribution in [0.4, 0.5) is 5.69 Å². The van der Waals surface area contributed by atoms with E-state index in [1.165, 1.54) is 29.7 Å². The first kappa shape index (κ1) is 13.0. The summed E-state index contributed by atoms with van der Waals surface area (Å²) in [7, 11) is 1.99. The number of unbranched alkanes of at least 4 members (excludes halogenated alkanes) is 1. The van der Waals surface area contributed by atoms with Crippen molar-refractivity contribution < 1.29 is 0 Å². The van der Waals surface area contributed by atoms with E-state index in [0.29, 0.717) is 0 Å². The Morgan fingerprint density at radius 2 is 2.00 bits per heavy atom. The van der Waals surface area contributed by atoms with E-state index >= 15 is 0 Å². The van der Waals surface area contributed by atoms with Crippen molar-refractivity contribution in [3.05, 3.63) is 29.3 Å². The van der Waals surface area contributed by atoms with Crippen molar-refractivity contribution >= 4 is 5.69 Å². The molecule has 2 N–H and O–H groups in total. The zero-order valence-electron chi connectivity index (χ0n) is 10.8. The van der Waals surface area contributed by atoms with Crippen LogP contribution in [0.2, 0.25) is 0 Å². The molecule has 1 rings (SSSR count). The van der Waals surface area contributed by atoms with Crippen LogP contribution in [0.25, 0.3) is 0 Å². The molecule has 0 atom stereocenters. The van der Waals surface area contributed by atoms with Crippen LogP contribution >= 0.6 is 0 Å². The van der Waals surface area contributed by atoms with Gasteiger partial charge in [0, 0.05) is 12.2 Å². The van der Waals surface area contributed by atoms with Crippen molar-refractivity contribution in [2.45, 2.75) is 33.1 Å². The second kappa shape index (κ2) is 7.29. The molecule has 0 fully saturated rings. The third-order valence-electron chi connectivity index (χ3n) is 2.81. The van der Waals surface area contributed by atoms with Crippen LogP contribution in [0, 0.1) is 6.92 Å². The van der Waals surface area contributed by atoms with Crippen molar-refractivity contribution in [1.82, 2.24) is 5.32 Å². The van der Waals surface area contributed by atoms with Crippen LogP contribution in [-0.2, 0) is 6.42 Å². The van der Waals surface area contributed by atoms with Gasteiger partial charge >= 0.3 is 0 Å². The second-order valence-electron chi connectivity index (χ2n) is 4.28. The minimum Gasteiger partial charge on any atom is -0.385 e. The molecule has 0 radical (unpaired) electrons. The van der Waals surface area contributed by atoms with E-state index in [1.807, 2.05) is 7.05 Å². The van der Waals surface area contributed by atoms with E-state index in [2.05, 4.69) is 42.7 Å². The topological polar surface area (TPSA) is 24.1 Å². The highest BCUT2D eigenvalue weighted by atomic mass is 14.9. The lowest BCUT2D eigenvalue weighted by Gasteiger charge is -2.11. The quantitative estimate of drug-likeness (QED) is 0.690. The lowest BCUT2D eigenvalue weighted by molar-refractivity contribution is 0.791. The number of nitrogens with one attached hydrogen (secondary N) is 2. The number of likely N-dealkylation sites (N-methyl/N-ethyl adjacent to an activating group) is 1. The van der Waals surface area contributed by atoms with Crippen molar-refractivity contribution in [3.8, 4) is 0 Å². The van der Waals surface area contributed by atoms with Crippen LogP contribution in [-0.4, -0.2) is 20.1 Å². The molecule has 0 amide bonds. The molecule has 0 spiro atoms. The van der Waals surface area contributed by atoms with Gasteiger partial charge < -0.3 is 10.6 Å². The highest BCUT2D eigenvalue weighted by Crippen LogP contribution is 2.17. The SMILES string of the molecule is CCCCNc1cc(CCNC)ccc1C. The van der Waals surface area contributed by atoms with Gasteiger partial charge in [-0.05, 0) is 50.6 Å². The molecular formula is C14H24N2. The van der Waals surface area contributed by atoms with E-state index in [1.54, 1.807) is 0 Å². The number of hydrogen-bond acceptors (Lipinski definition) is 2. The predicted molar refractivity (Wildman–Crippen MR) is 72.2 cm³/mol. The minimum atomic E-state index is 1.04. The molecule has 0 unspecified atom stereocenters. The molecule has 0 aliphatic heterocycles. The Bertz CT molecular complexity index is 308. The van der Waals surface area contributed by atoms with E-state index in [0.717, 1.165) is 19.5 Å². The maximum absolute atomic E-state index is 3.51. The fourth-order valence-corrected chi connectivity index (χ4v) is 1.68. The number of benzene rings is 1. The van der Waals surface area contributed by atoms with E-state index in [4.69, 9.17) is 0 Å². The molecule has 0 aliphatic carbocycles. The zero-order valence-corrected chi connectivity index (χ0v) is 10.8. The Morgan fingerprint density at radius 3 is 2.69 bits per heavy atom. The molecular weight excluding hydrogens is 196 g/mol. The molecule has 0 aromatic heterocycles. The smallest absolute Gasteiger partial charge is 0.0372 e.